The van der Waals surface area contributed by atoms with Gasteiger partial charge in [0.2, 0.25) is 5.91 Å². The SMILES string of the molecule is NC(=O)c1cc(NC(=O)c2ccccc2Oc2ccccc2)ccc1Cl. The van der Waals surface area contributed by atoms with Crippen LogP contribution in [0.5, 0.6) is 11.5 Å². The quantitative estimate of drug-likeness (QED) is 0.698. The van der Waals surface area contributed by atoms with Crippen molar-refractivity contribution in [2.75, 3.05) is 5.32 Å². The highest BCUT2D eigenvalue weighted by molar-refractivity contribution is 6.34. The third-order valence-electron chi connectivity index (χ3n) is 3.59. The molecule has 3 aromatic rings. The first-order valence-corrected chi connectivity index (χ1v) is 8.15. The first-order valence-electron chi connectivity index (χ1n) is 7.77. The lowest BCUT2D eigenvalue weighted by Crippen LogP contribution is -2.15. The number of nitrogens with one attached hydrogen (secondary N) is 1. The second-order valence-corrected chi connectivity index (χ2v) is 5.83. The van der Waals surface area contributed by atoms with E-state index in [0.717, 1.165) is 0 Å². The van der Waals surface area contributed by atoms with Crippen molar-refractivity contribution in [1.29, 1.82) is 0 Å². The summed E-state index contributed by atoms with van der Waals surface area (Å²) in [6, 6.07) is 20.6. The molecule has 3 rings (SSSR count). The van der Waals surface area contributed by atoms with Gasteiger partial charge in [0.25, 0.3) is 5.91 Å². The van der Waals surface area contributed by atoms with Gasteiger partial charge in [0.1, 0.15) is 11.5 Å². The molecule has 26 heavy (non-hydrogen) atoms. The smallest absolute Gasteiger partial charge is 0.259 e. The maximum Gasteiger partial charge on any atom is 0.259 e. The Bertz CT molecular complexity index is 958. The predicted molar refractivity (Wildman–Crippen MR) is 101 cm³/mol. The molecule has 0 aromatic heterocycles. The fraction of sp³-hybridized carbons (Fsp3) is 0. The number of hydrogen-bond donors (Lipinski definition) is 2. The maximum atomic E-state index is 12.7. The van der Waals surface area contributed by atoms with Crippen LogP contribution in [0.1, 0.15) is 20.7 Å². The number of hydrogen-bond acceptors (Lipinski definition) is 3. The van der Waals surface area contributed by atoms with Crippen LogP contribution >= 0.6 is 11.6 Å². The number of para-hydroxylation sites is 2. The number of benzene rings is 3. The molecule has 0 fully saturated rings. The molecule has 0 aliphatic heterocycles. The second-order valence-electron chi connectivity index (χ2n) is 5.42. The molecule has 0 saturated carbocycles. The Morgan fingerprint density at radius 2 is 1.58 bits per heavy atom. The van der Waals surface area contributed by atoms with Crippen LogP contribution in [0.3, 0.4) is 0 Å². The lowest BCUT2D eigenvalue weighted by molar-refractivity contribution is 0.0996. The lowest BCUT2D eigenvalue weighted by Gasteiger charge is -2.12. The zero-order chi connectivity index (χ0) is 18.5. The summed E-state index contributed by atoms with van der Waals surface area (Å²) in [6.07, 6.45) is 0. The standard InChI is InChI=1S/C20H15ClN2O3/c21-17-11-10-13(12-16(17)19(22)24)23-20(25)15-8-4-5-9-18(15)26-14-6-2-1-3-7-14/h1-12H,(H2,22,24)(H,23,25). The van der Waals surface area contributed by atoms with Crippen molar-refractivity contribution in [2.24, 2.45) is 5.73 Å². The summed E-state index contributed by atoms with van der Waals surface area (Å²) >= 11 is 5.93. The van der Waals surface area contributed by atoms with Crippen molar-refractivity contribution in [2.45, 2.75) is 0 Å². The van der Waals surface area contributed by atoms with Crippen LogP contribution in [0.4, 0.5) is 5.69 Å². The number of primary amides is 1. The van der Waals surface area contributed by atoms with E-state index in [1.54, 1.807) is 42.5 Å². The van der Waals surface area contributed by atoms with Crippen molar-refractivity contribution in [3.8, 4) is 11.5 Å². The average molecular weight is 367 g/mol. The van der Waals surface area contributed by atoms with E-state index in [0.29, 0.717) is 22.7 Å². The number of carbonyl (C=O) groups is 2. The molecular formula is C20H15ClN2O3. The molecule has 0 spiro atoms. The number of rotatable bonds is 5. The maximum absolute atomic E-state index is 12.7. The molecule has 0 unspecified atom stereocenters. The van der Waals surface area contributed by atoms with Gasteiger partial charge in [-0.05, 0) is 42.5 Å². The molecule has 0 aliphatic carbocycles. The van der Waals surface area contributed by atoms with Gasteiger partial charge in [-0.3, -0.25) is 9.59 Å². The van der Waals surface area contributed by atoms with Gasteiger partial charge < -0.3 is 15.8 Å². The molecular weight excluding hydrogens is 352 g/mol. The molecule has 5 nitrogen and oxygen atoms in total. The van der Waals surface area contributed by atoms with Crippen LogP contribution in [-0.2, 0) is 0 Å². The Morgan fingerprint density at radius 1 is 0.885 bits per heavy atom. The van der Waals surface area contributed by atoms with Crippen LogP contribution in [0, 0.1) is 0 Å². The fourth-order valence-electron chi connectivity index (χ4n) is 2.35. The third-order valence-corrected chi connectivity index (χ3v) is 3.92. The van der Waals surface area contributed by atoms with Crippen LogP contribution in [0.25, 0.3) is 0 Å². The van der Waals surface area contributed by atoms with E-state index in [1.165, 1.54) is 12.1 Å². The molecule has 3 N–H and O–H groups in total. The lowest BCUT2D eigenvalue weighted by atomic mass is 10.1. The zero-order valence-electron chi connectivity index (χ0n) is 13.6. The van der Waals surface area contributed by atoms with Gasteiger partial charge >= 0.3 is 0 Å². The van der Waals surface area contributed by atoms with Crippen LogP contribution in [0.15, 0.2) is 72.8 Å². The first kappa shape index (κ1) is 17.5. The summed E-state index contributed by atoms with van der Waals surface area (Å²) in [4.78, 5) is 24.0. The summed E-state index contributed by atoms with van der Waals surface area (Å²) < 4.78 is 5.79. The highest BCUT2D eigenvalue weighted by Crippen LogP contribution is 2.26. The number of amides is 2. The summed E-state index contributed by atoms with van der Waals surface area (Å²) in [6.45, 7) is 0. The Morgan fingerprint density at radius 3 is 2.31 bits per heavy atom. The number of halogens is 1. The molecule has 0 saturated heterocycles. The van der Waals surface area contributed by atoms with Crippen LogP contribution in [-0.4, -0.2) is 11.8 Å². The van der Waals surface area contributed by atoms with Crippen molar-refractivity contribution >= 4 is 29.1 Å². The molecule has 0 atom stereocenters. The van der Waals surface area contributed by atoms with Gasteiger partial charge in [0, 0.05) is 5.69 Å². The van der Waals surface area contributed by atoms with E-state index >= 15 is 0 Å². The largest absolute Gasteiger partial charge is 0.457 e. The Balaban J connectivity index is 1.85. The summed E-state index contributed by atoms with van der Waals surface area (Å²) in [5, 5.41) is 2.95. The van der Waals surface area contributed by atoms with E-state index in [2.05, 4.69) is 5.32 Å². The van der Waals surface area contributed by atoms with Gasteiger partial charge in [-0.15, -0.1) is 0 Å². The van der Waals surface area contributed by atoms with Crippen molar-refractivity contribution in [3.63, 3.8) is 0 Å². The monoisotopic (exact) mass is 366 g/mol. The van der Waals surface area contributed by atoms with E-state index in [-0.39, 0.29) is 16.5 Å². The van der Waals surface area contributed by atoms with Gasteiger partial charge in [-0.1, -0.05) is 41.9 Å². The van der Waals surface area contributed by atoms with Crippen LogP contribution in [0.2, 0.25) is 5.02 Å². The number of nitrogens with two attached hydrogens (primary N) is 1. The highest BCUT2D eigenvalue weighted by Gasteiger charge is 2.14. The molecule has 3 aromatic carbocycles. The molecule has 2 amide bonds. The van der Waals surface area contributed by atoms with Crippen molar-refractivity contribution < 1.29 is 14.3 Å². The average Bonchev–Trinajstić information content (AvgIpc) is 2.64. The van der Waals surface area contributed by atoms with E-state index in [9.17, 15) is 9.59 Å². The molecule has 0 aliphatic rings. The van der Waals surface area contributed by atoms with Gasteiger partial charge in [0.15, 0.2) is 0 Å². The molecule has 0 radical (unpaired) electrons. The summed E-state index contributed by atoms with van der Waals surface area (Å²) in [7, 11) is 0. The molecule has 0 bridgehead atoms. The fourth-order valence-corrected chi connectivity index (χ4v) is 2.56. The Hall–Kier alpha value is -3.31. The molecule has 0 heterocycles. The minimum absolute atomic E-state index is 0.137. The van der Waals surface area contributed by atoms with Crippen molar-refractivity contribution in [1.82, 2.24) is 0 Å². The minimum atomic E-state index is -0.668. The summed E-state index contributed by atoms with van der Waals surface area (Å²) in [5.74, 6) is -0.0104. The van der Waals surface area contributed by atoms with E-state index in [4.69, 9.17) is 22.1 Å². The van der Waals surface area contributed by atoms with Gasteiger partial charge in [-0.2, -0.15) is 0 Å². The number of anilines is 1. The topological polar surface area (TPSA) is 81.4 Å². The molecule has 6 heteroatoms. The minimum Gasteiger partial charge on any atom is -0.457 e. The number of ether oxygens (including phenoxy) is 1. The third kappa shape index (κ3) is 4.02. The zero-order valence-corrected chi connectivity index (χ0v) is 14.4. The Kier molecular flexibility index (Phi) is 5.20. The Labute approximate surface area is 155 Å². The second kappa shape index (κ2) is 7.72. The van der Waals surface area contributed by atoms with Crippen molar-refractivity contribution in [3.05, 3.63) is 88.9 Å². The predicted octanol–water partition coefficient (Wildman–Crippen LogP) is 4.48. The van der Waals surface area contributed by atoms with Crippen LogP contribution < -0.4 is 15.8 Å². The normalized spacial score (nSPS) is 10.2. The highest BCUT2D eigenvalue weighted by atomic mass is 35.5. The van der Waals surface area contributed by atoms with E-state index in [1.807, 2.05) is 18.2 Å². The summed E-state index contributed by atoms with van der Waals surface area (Å²) in [5.41, 5.74) is 6.18. The van der Waals surface area contributed by atoms with Gasteiger partial charge in [-0.25, -0.2) is 0 Å². The first-order chi connectivity index (χ1) is 12.5. The number of carbonyl (C=O) groups excluding carboxylic acids is 2. The van der Waals surface area contributed by atoms with Gasteiger partial charge in [0.05, 0.1) is 16.1 Å². The molecule has 130 valence electrons. The van der Waals surface area contributed by atoms with E-state index < -0.39 is 5.91 Å².